The number of hydrogen-bond donors (Lipinski definition) is 2. The van der Waals surface area contributed by atoms with Crippen molar-refractivity contribution >= 4 is 23.2 Å². The van der Waals surface area contributed by atoms with Gasteiger partial charge in [-0.1, -0.05) is 23.2 Å². The number of nitrogens with two attached hydrogens (primary N) is 2. The summed E-state index contributed by atoms with van der Waals surface area (Å²) < 4.78 is -1.34. The Hall–Kier alpha value is 0.500. The average Bonchev–Trinajstić information content (AvgIpc) is 1.25. The van der Waals surface area contributed by atoms with Crippen molar-refractivity contribution in [1.29, 1.82) is 0 Å². The van der Waals surface area contributed by atoms with Gasteiger partial charge in [0.25, 0.3) is 0 Å². The smallest absolute Gasteiger partial charge is 0.183 e. The SMILES string of the molecule is CC(C)(N)C(N)(Cl)Cl. The first-order valence-corrected chi connectivity index (χ1v) is 2.96. The highest BCUT2D eigenvalue weighted by molar-refractivity contribution is 6.48. The molecule has 0 radical (unpaired) electrons. The van der Waals surface area contributed by atoms with Gasteiger partial charge in [-0.25, -0.2) is 0 Å². The van der Waals surface area contributed by atoms with E-state index >= 15 is 0 Å². The van der Waals surface area contributed by atoms with Gasteiger partial charge in [0, 0.05) is 0 Å². The molecule has 0 saturated carbocycles. The van der Waals surface area contributed by atoms with Crippen molar-refractivity contribution in [1.82, 2.24) is 0 Å². The minimum atomic E-state index is -1.34. The molecule has 0 aliphatic carbocycles. The second-order valence-electron chi connectivity index (χ2n) is 2.34. The van der Waals surface area contributed by atoms with Crippen molar-refractivity contribution in [3.8, 4) is 0 Å². The first kappa shape index (κ1) is 8.50. The van der Waals surface area contributed by atoms with E-state index in [1.54, 1.807) is 13.8 Å². The molecule has 0 saturated heterocycles. The quantitative estimate of drug-likeness (QED) is 0.437. The van der Waals surface area contributed by atoms with Crippen molar-refractivity contribution in [2.75, 3.05) is 0 Å². The van der Waals surface area contributed by atoms with E-state index in [4.69, 9.17) is 34.7 Å². The van der Waals surface area contributed by atoms with E-state index in [2.05, 4.69) is 0 Å². The molecule has 0 aliphatic heterocycles. The summed E-state index contributed by atoms with van der Waals surface area (Å²) in [6.07, 6.45) is 0. The van der Waals surface area contributed by atoms with Crippen LogP contribution >= 0.6 is 23.2 Å². The standard InChI is InChI=1S/C4H10Cl2N2/c1-3(2,7)4(5,6)8/h7-8H2,1-2H3. The van der Waals surface area contributed by atoms with Gasteiger partial charge in [-0.15, -0.1) is 0 Å². The topological polar surface area (TPSA) is 52.0 Å². The molecule has 0 unspecified atom stereocenters. The molecule has 0 heterocycles. The molecule has 0 amide bonds. The molecule has 0 atom stereocenters. The van der Waals surface area contributed by atoms with E-state index in [-0.39, 0.29) is 0 Å². The molecule has 4 N–H and O–H groups in total. The van der Waals surface area contributed by atoms with Crippen LogP contribution in [-0.2, 0) is 0 Å². The summed E-state index contributed by atoms with van der Waals surface area (Å²) in [5.74, 6) is 0. The van der Waals surface area contributed by atoms with Gasteiger partial charge in [0.2, 0.25) is 0 Å². The summed E-state index contributed by atoms with van der Waals surface area (Å²) >= 11 is 10.9. The van der Waals surface area contributed by atoms with Crippen LogP contribution in [0.15, 0.2) is 0 Å². The maximum absolute atomic E-state index is 5.43. The Kier molecular flexibility index (Phi) is 2.15. The summed E-state index contributed by atoms with van der Waals surface area (Å²) in [6, 6.07) is 0. The van der Waals surface area contributed by atoms with Gasteiger partial charge in [0.1, 0.15) is 0 Å². The van der Waals surface area contributed by atoms with Crippen LogP contribution in [0, 0.1) is 0 Å². The van der Waals surface area contributed by atoms with Crippen molar-refractivity contribution in [2.24, 2.45) is 11.5 Å². The lowest BCUT2D eigenvalue weighted by Crippen LogP contribution is -2.54. The Bertz CT molecular complexity index is 67.0. The molecular formula is C4H10Cl2N2. The summed E-state index contributed by atoms with van der Waals surface area (Å²) in [5.41, 5.74) is 9.89. The monoisotopic (exact) mass is 156 g/mol. The number of halogens is 2. The Morgan fingerprint density at radius 1 is 1.12 bits per heavy atom. The zero-order chi connectivity index (χ0) is 7.00. The molecule has 0 aromatic heterocycles. The lowest BCUT2D eigenvalue weighted by molar-refractivity contribution is 0.459. The molecule has 0 fully saturated rings. The third-order valence-corrected chi connectivity index (χ3v) is 1.83. The first-order chi connectivity index (χ1) is 3.25. The second kappa shape index (κ2) is 2.03. The van der Waals surface area contributed by atoms with Crippen LogP contribution < -0.4 is 11.5 Å². The fourth-order valence-electron chi connectivity index (χ4n) is 0. The second-order valence-corrected chi connectivity index (χ2v) is 3.73. The molecule has 0 aromatic carbocycles. The summed E-state index contributed by atoms with van der Waals surface area (Å²) in [6.45, 7) is 3.32. The molecule has 0 aromatic rings. The highest BCUT2D eigenvalue weighted by Crippen LogP contribution is 2.24. The van der Waals surface area contributed by atoms with Crippen LogP contribution in [0.5, 0.6) is 0 Å². The lowest BCUT2D eigenvalue weighted by atomic mass is 10.1. The van der Waals surface area contributed by atoms with Gasteiger partial charge in [-0.2, -0.15) is 0 Å². The Labute approximate surface area is 59.1 Å². The van der Waals surface area contributed by atoms with E-state index < -0.39 is 10.00 Å². The van der Waals surface area contributed by atoms with E-state index in [9.17, 15) is 0 Å². The summed E-state index contributed by atoms with van der Waals surface area (Å²) in [5, 5.41) is 0. The van der Waals surface area contributed by atoms with Crippen LogP contribution in [0.3, 0.4) is 0 Å². The summed E-state index contributed by atoms with van der Waals surface area (Å²) in [4.78, 5) is 0. The van der Waals surface area contributed by atoms with Crippen LogP contribution in [0.4, 0.5) is 0 Å². The molecule has 0 rings (SSSR count). The zero-order valence-corrected chi connectivity index (χ0v) is 6.42. The Morgan fingerprint density at radius 2 is 1.25 bits per heavy atom. The number of rotatable bonds is 1. The molecule has 0 aliphatic rings. The largest absolute Gasteiger partial charge is 0.322 e. The van der Waals surface area contributed by atoms with Gasteiger partial charge >= 0.3 is 0 Å². The van der Waals surface area contributed by atoms with Gasteiger partial charge in [0.15, 0.2) is 4.46 Å². The fourth-order valence-corrected chi connectivity index (χ4v) is 0. The molecular weight excluding hydrogens is 147 g/mol. The molecule has 2 nitrogen and oxygen atoms in total. The minimum absolute atomic E-state index is 0.754. The molecule has 0 spiro atoms. The van der Waals surface area contributed by atoms with Gasteiger partial charge < -0.3 is 5.73 Å². The highest BCUT2D eigenvalue weighted by atomic mass is 35.5. The minimum Gasteiger partial charge on any atom is -0.322 e. The molecule has 0 bridgehead atoms. The molecule has 50 valence electrons. The van der Waals surface area contributed by atoms with Crippen molar-refractivity contribution in [2.45, 2.75) is 23.8 Å². The third kappa shape index (κ3) is 2.18. The van der Waals surface area contributed by atoms with E-state index in [1.165, 1.54) is 0 Å². The van der Waals surface area contributed by atoms with Gasteiger partial charge in [-0.3, -0.25) is 5.73 Å². The maximum Gasteiger partial charge on any atom is 0.183 e. The van der Waals surface area contributed by atoms with Crippen molar-refractivity contribution in [3.63, 3.8) is 0 Å². The van der Waals surface area contributed by atoms with E-state index in [0.29, 0.717) is 0 Å². The number of alkyl halides is 2. The van der Waals surface area contributed by atoms with Crippen LogP contribution in [0.2, 0.25) is 0 Å². The number of hydrogen-bond acceptors (Lipinski definition) is 2. The van der Waals surface area contributed by atoms with Gasteiger partial charge in [-0.05, 0) is 13.8 Å². The van der Waals surface area contributed by atoms with E-state index in [1.807, 2.05) is 0 Å². The predicted molar refractivity (Wildman–Crippen MR) is 36.9 cm³/mol. The van der Waals surface area contributed by atoms with Crippen LogP contribution in [0.1, 0.15) is 13.8 Å². The zero-order valence-electron chi connectivity index (χ0n) is 4.91. The lowest BCUT2D eigenvalue weighted by Gasteiger charge is -2.29. The van der Waals surface area contributed by atoms with Crippen molar-refractivity contribution in [3.05, 3.63) is 0 Å². The van der Waals surface area contributed by atoms with E-state index in [0.717, 1.165) is 0 Å². The fraction of sp³-hybridized carbons (Fsp3) is 1.00. The normalized spacial score (nSPS) is 14.2. The maximum atomic E-state index is 5.43. The first-order valence-electron chi connectivity index (χ1n) is 2.21. The summed E-state index contributed by atoms with van der Waals surface area (Å²) in [7, 11) is 0. The van der Waals surface area contributed by atoms with Crippen LogP contribution in [-0.4, -0.2) is 10.00 Å². The molecule has 8 heavy (non-hydrogen) atoms. The Balaban J connectivity index is 4.02. The Morgan fingerprint density at radius 3 is 1.25 bits per heavy atom. The average molecular weight is 157 g/mol. The van der Waals surface area contributed by atoms with Crippen molar-refractivity contribution < 1.29 is 0 Å². The third-order valence-electron chi connectivity index (χ3n) is 0.859. The molecule has 4 heteroatoms. The van der Waals surface area contributed by atoms with Gasteiger partial charge in [0.05, 0.1) is 5.54 Å². The predicted octanol–water partition coefficient (Wildman–Crippen LogP) is 0.814. The van der Waals surface area contributed by atoms with Crippen LogP contribution in [0.25, 0.3) is 0 Å². The highest BCUT2D eigenvalue weighted by Gasteiger charge is 2.34.